The van der Waals surface area contributed by atoms with Crippen LogP contribution >= 0.6 is 0 Å². The molecule has 1 aromatic rings. The van der Waals surface area contributed by atoms with E-state index in [4.69, 9.17) is 10.9 Å². The summed E-state index contributed by atoms with van der Waals surface area (Å²) in [6.07, 6.45) is 3.14. The average molecular weight is 297 g/mol. The van der Waals surface area contributed by atoms with E-state index in [2.05, 4.69) is 4.90 Å². The van der Waals surface area contributed by atoms with Gasteiger partial charge in [0.1, 0.15) is 0 Å². The Labute approximate surface area is 118 Å². The van der Waals surface area contributed by atoms with Crippen molar-refractivity contribution in [3.05, 3.63) is 18.2 Å². The number of nitrogens with two attached hydrogens (primary N) is 2. The minimum atomic E-state index is -3.74. The van der Waals surface area contributed by atoms with Crippen LogP contribution in [0.1, 0.15) is 25.7 Å². The molecular weight excluding hydrogens is 278 g/mol. The molecule has 20 heavy (non-hydrogen) atoms. The van der Waals surface area contributed by atoms with Crippen molar-refractivity contribution in [2.75, 3.05) is 10.6 Å². The summed E-state index contributed by atoms with van der Waals surface area (Å²) in [5, 5.41) is 15.0. The van der Waals surface area contributed by atoms with Gasteiger partial charge in [-0.05, 0) is 43.9 Å². The third kappa shape index (κ3) is 2.25. The lowest BCUT2D eigenvalue weighted by Crippen LogP contribution is -2.45. The molecule has 2 unspecified atom stereocenters. The van der Waals surface area contributed by atoms with Crippen LogP contribution in [0.3, 0.4) is 0 Å². The van der Waals surface area contributed by atoms with Crippen molar-refractivity contribution in [1.29, 1.82) is 0 Å². The fourth-order valence-electron chi connectivity index (χ4n) is 3.47. The topological polar surface area (TPSA) is 110 Å². The van der Waals surface area contributed by atoms with Crippen molar-refractivity contribution in [1.82, 2.24) is 0 Å². The number of benzene rings is 1. The number of aliphatic hydroxyl groups is 1. The normalized spacial score (nSPS) is 29.7. The van der Waals surface area contributed by atoms with Crippen molar-refractivity contribution in [2.24, 2.45) is 5.14 Å². The first-order valence-corrected chi connectivity index (χ1v) is 8.29. The van der Waals surface area contributed by atoms with Crippen LogP contribution in [0, 0.1) is 0 Å². The molecule has 0 aromatic heterocycles. The van der Waals surface area contributed by atoms with Crippen molar-refractivity contribution < 1.29 is 13.5 Å². The summed E-state index contributed by atoms with van der Waals surface area (Å²) < 4.78 is 23.0. The maximum Gasteiger partial charge on any atom is 0.238 e. The van der Waals surface area contributed by atoms with Gasteiger partial charge in [-0.15, -0.1) is 0 Å². The molecule has 0 amide bonds. The van der Waals surface area contributed by atoms with Crippen LogP contribution in [0.25, 0.3) is 0 Å². The highest BCUT2D eigenvalue weighted by molar-refractivity contribution is 7.89. The summed E-state index contributed by atoms with van der Waals surface area (Å²) >= 11 is 0. The highest BCUT2D eigenvalue weighted by atomic mass is 32.2. The Hall–Kier alpha value is -1.31. The fraction of sp³-hybridized carbons (Fsp3) is 0.538. The zero-order valence-corrected chi connectivity index (χ0v) is 11.9. The smallest absolute Gasteiger partial charge is 0.238 e. The Bertz CT molecular complexity index is 618. The van der Waals surface area contributed by atoms with Crippen molar-refractivity contribution in [3.8, 4) is 0 Å². The number of hydrogen-bond acceptors (Lipinski definition) is 5. The first-order chi connectivity index (χ1) is 9.36. The third-order valence-electron chi connectivity index (χ3n) is 4.32. The number of rotatable bonds is 2. The minimum absolute atomic E-state index is 0.0761. The van der Waals surface area contributed by atoms with Crippen LogP contribution in [-0.4, -0.2) is 31.7 Å². The molecule has 2 bridgehead atoms. The zero-order valence-electron chi connectivity index (χ0n) is 11.1. The van der Waals surface area contributed by atoms with E-state index in [-0.39, 0.29) is 23.1 Å². The van der Waals surface area contributed by atoms with E-state index in [1.807, 2.05) is 0 Å². The van der Waals surface area contributed by atoms with Crippen molar-refractivity contribution in [3.63, 3.8) is 0 Å². The van der Waals surface area contributed by atoms with Gasteiger partial charge in [-0.2, -0.15) is 0 Å². The molecule has 2 fully saturated rings. The molecule has 2 heterocycles. The van der Waals surface area contributed by atoms with Gasteiger partial charge in [-0.3, -0.25) is 0 Å². The van der Waals surface area contributed by atoms with E-state index in [0.29, 0.717) is 18.5 Å². The maximum atomic E-state index is 11.5. The van der Waals surface area contributed by atoms with Gasteiger partial charge in [0, 0.05) is 12.1 Å². The van der Waals surface area contributed by atoms with E-state index in [9.17, 15) is 13.5 Å². The molecule has 7 heteroatoms. The second-order valence-electron chi connectivity index (χ2n) is 5.68. The lowest BCUT2D eigenvalue weighted by Gasteiger charge is -2.39. The molecule has 0 aliphatic carbocycles. The number of nitrogen functional groups attached to an aromatic ring is 1. The van der Waals surface area contributed by atoms with E-state index < -0.39 is 10.0 Å². The summed E-state index contributed by atoms with van der Waals surface area (Å²) in [6.45, 7) is 0. The zero-order chi connectivity index (χ0) is 14.5. The third-order valence-corrected chi connectivity index (χ3v) is 5.23. The Morgan fingerprint density at radius 3 is 2.35 bits per heavy atom. The fourth-order valence-corrected chi connectivity index (χ4v) is 4.00. The molecule has 2 saturated heterocycles. The molecule has 0 spiro atoms. The van der Waals surface area contributed by atoms with Gasteiger partial charge in [-0.25, -0.2) is 13.6 Å². The number of nitrogens with zero attached hydrogens (tertiary/aromatic N) is 1. The standard InChI is InChI=1S/C13H19N3O3S/c14-12-4-3-11(20(15,18)19)7-13(12)16-8-1-2-9(16)6-10(17)5-8/h3-4,7-10,17H,1-2,5-6,14H2,(H2,15,18,19). The molecule has 3 rings (SSSR count). The van der Waals surface area contributed by atoms with Crippen LogP contribution in [0.5, 0.6) is 0 Å². The SMILES string of the molecule is Nc1ccc(S(N)(=O)=O)cc1N1C2CCC1CC(O)C2. The summed E-state index contributed by atoms with van der Waals surface area (Å²) in [7, 11) is -3.74. The number of sulfonamides is 1. The van der Waals surface area contributed by atoms with Gasteiger partial charge in [-0.1, -0.05) is 0 Å². The van der Waals surface area contributed by atoms with Gasteiger partial charge >= 0.3 is 0 Å². The molecular formula is C13H19N3O3S. The van der Waals surface area contributed by atoms with Crippen molar-refractivity contribution in [2.45, 2.75) is 48.8 Å². The molecule has 0 radical (unpaired) electrons. The lowest BCUT2D eigenvalue weighted by atomic mass is 9.99. The number of fused-ring (bicyclic) bond motifs is 2. The summed E-state index contributed by atoms with van der Waals surface area (Å²) in [5.74, 6) is 0. The van der Waals surface area contributed by atoms with Crippen LogP contribution in [0.2, 0.25) is 0 Å². The van der Waals surface area contributed by atoms with Crippen LogP contribution in [0.4, 0.5) is 11.4 Å². The molecule has 2 aliphatic heterocycles. The number of aliphatic hydroxyl groups excluding tert-OH is 1. The maximum absolute atomic E-state index is 11.5. The van der Waals surface area contributed by atoms with Gasteiger partial charge in [0.05, 0.1) is 22.4 Å². The molecule has 5 N–H and O–H groups in total. The van der Waals surface area contributed by atoms with Crippen molar-refractivity contribution >= 4 is 21.4 Å². The van der Waals surface area contributed by atoms with E-state index in [1.165, 1.54) is 6.07 Å². The van der Waals surface area contributed by atoms with Gasteiger partial charge in [0.25, 0.3) is 0 Å². The molecule has 2 aliphatic rings. The molecule has 1 aromatic carbocycles. The Kier molecular flexibility index (Phi) is 3.15. The Balaban J connectivity index is 2.02. The summed E-state index contributed by atoms with van der Waals surface area (Å²) in [5.41, 5.74) is 7.28. The minimum Gasteiger partial charge on any atom is -0.397 e. The van der Waals surface area contributed by atoms with Gasteiger partial charge in [0.2, 0.25) is 10.0 Å². The van der Waals surface area contributed by atoms with Gasteiger partial charge in [0.15, 0.2) is 0 Å². The number of hydrogen-bond donors (Lipinski definition) is 3. The second-order valence-corrected chi connectivity index (χ2v) is 7.24. The predicted octanol–water partition coefficient (Wildman–Crippen LogP) is 0.408. The Morgan fingerprint density at radius 1 is 1.20 bits per heavy atom. The van der Waals surface area contributed by atoms with E-state index in [1.54, 1.807) is 12.1 Å². The monoisotopic (exact) mass is 297 g/mol. The predicted molar refractivity (Wildman–Crippen MR) is 76.8 cm³/mol. The van der Waals surface area contributed by atoms with E-state index >= 15 is 0 Å². The Morgan fingerprint density at radius 2 is 1.80 bits per heavy atom. The summed E-state index contributed by atoms with van der Waals surface area (Å²) in [6, 6.07) is 5.01. The van der Waals surface area contributed by atoms with Crippen LogP contribution < -0.4 is 15.8 Å². The molecule has 0 saturated carbocycles. The lowest BCUT2D eigenvalue weighted by molar-refractivity contribution is 0.126. The number of piperidine rings is 1. The molecule has 110 valence electrons. The van der Waals surface area contributed by atoms with Crippen LogP contribution in [-0.2, 0) is 10.0 Å². The average Bonchev–Trinajstić information content (AvgIpc) is 2.61. The highest BCUT2D eigenvalue weighted by Gasteiger charge is 2.41. The largest absolute Gasteiger partial charge is 0.397 e. The van der Waals surface area contributed by atoms with E-state index in [0.717, 1.165) is 18.5 Å². The quantitative estimate of drug-likeness (QED) is 0.685. The van der Waals surface area contributed by atoms with Crippen LogP contribution in [0.15, 0.2) is 23.1 Å². The first kappa shape index (κ1) is 13.7. The summed E-state index contributed by atoms with van der Waals surface area (Å²) in [4.78, 5) is 2.24. The van der Waals surface area contributed by atoms with Gasteiger partial charge < -0.3 is 15.7 Å². The highest BCUT2D eigenvalue weighted by Crippen LogP contribution is 2.42. The second kappa shape index (κ2) is 4.61. The number of primary sulfonamides is 1. The first-order valence-electron chi connectivity index (χ1n) is 6.75. The number of anilines is 2. The molecule has 6 nitrogen and oxygen atoms in total. The molecule has 2 atom stereocenters.